The van der Waals surface area contributed by atoms with Gasteiger partial charge in [-0.25, -0.2) is 9.97 Å². The molecule has 1 heterocycles. The van der Waals surface area contributed by atoms with Crippen LogP contribution in [0, 0.1) is 11.3 Å². The van der Waals surface area contributed by atoms with E-state index in [-0.39, 0.29) is 0 Å². The van der Waals surface area contributed by atoms with Crippen molar-refractivity contribution in [1.82, 2.24) is 9.97 Å². The van der Waals surface area contributed by atoms with Crippen LogP contribution < -0.4 is 0 Å². The van der Waals surface area contributed by atoms with Crippen LogP contribution in [0.4, 0.5) is 0 Å². The van der Waals surface area contributed by atoms with Crippen LogP contribution in [-0.2, 0) is 0 Å². The first-order chi connectivity index (χ1) is 8.29. The zero-order valence-corrected chi connectivity index (χ0v) is 10.3. The molecule has 2 aromatic carbocycles. The Morgan fingerprint density at radius 3 is 2.41 bits per heavy atom. The summed E-state index contributed by atoms with van der Waals surface area (Å²) in [5.74, 6) is 0. The Hall–Kier alpha value is -1.99. The standard InChI is InChI=1S/C13H6BrN3/c14-9-4-2-6-11-13(9)17-12-8(7-15)3-1-5-10(12)16-11/h1-6H. The molecule has 0 aliphatic rings. The Morgan fingerprint density at radius 2 is 1.65 bits per heavy atom. The molecule has 0 bridgehead atoms. The Kier molecular flexibility index (Phi) is 2.27. The lowest BCUT2D eigenvalue weighted by molar-refractivity contribution is 1.37. The molecule has 0 aliphatic heterocycles. The minimum Gasteiger partial charge on any atom is -0.244 e. The molecule has 0 atom stereocenters. The first kappa shape index (κ1) is 10.2. The second-order valence-electron chi connectivity index (χ2n) is 3.62. The molecule has 17 heavy (non-hydrogen) atoms. The van der Waals surface area contributed by atoms with Gasteiger partial charge in [0.25, 0.3) is 0 Å². The highest BCUT2D eigenvalue weighted by Gasteiger charge is 2.07. The summed E-state index contributed by atoms with van der Waals surface area (Å²) >= 11 is 3.44. The number of aromatic nitrogens is 2. The Labute approximate surface area is 106 Å². The van der Waals surface area contributed by atoms with Crippen LogP contribution in [0.2, 0.25) is 0 Å². The normalized spacial score (nSPS) is 10.6. The minimum absolute atomic E-state index is 0.549. The number of nitrogens with zero attached hydrogens (tertiary/aromatic N) is 3. The van der Waals surface area contributed by atoms with Crippen molar-refractivity contribution in [2.45, 2.75) is 0 Å². The summed E-state index contributed by atoms with van der Waals surface area (Å²) in [6.45, 7) is 0. The predicted octanol–water partition coefficient (Wildman–Crippen LogP) is 3.42. The van der Waals surface area contributed by atoms with Crippen molar-refractivity contribution in [3.8, 4) is 6.07 Å². The number of benzene rings is 2. The van der Waals surface area contributed by atoms with Crippen molar-refractivity contribution in [1.29, 1.82) is 5.26 Å². The maximum absolute atomic E-state index is 9.05. The minimum atomic E-state index is 0.549. The van der Waals surface area contributed by atoms with Crippen LogP contribution in [0.25, 0.3) is 22.1 Å². The van der Waals surface area contributed by atoms with E-state index in [9.17, 15) is 0 Å². The molecule has 0 radical (unpaired) electrons. The van der Waals surface area contributed by atoms with Gasteiger partial charge in [0, 0.05) is 4.47 Å². The largest absolute Gasteiger partial charge is 0.244 e. The van der Waals surface area contributed by atoms with Gasteiger partial charge in [-0.05, 0) is 40.2 Å². The molecule has 1 aromatic heterocycles. The predicted molar refractivity (Wildman–Crippen MR) is 69.5 cm³/mol. The summed E-state index contributed by atoms with van der Waals surface area (Å²) in [4.78, 5) is 9.02. The van der Waals surface area contributed by atoms with Crippen LogP contribution in [-0.4, -0.2) is 9.97 Å². The van der Waals surface area contributed by atoms with Gasteiger partial charge in [-0.2, -0.15) is 5.26 Å². The molecule has 0 aliphatic carbocycles. The zero-order chi connectivity index (χ0) is 11.8. The van der Waals surface area contributed by atoms with E-state index >= 15 is 0 Å². The fourth-order valence-corrected chi connectivity index (χ4v) is 2.22. The molecule has 0 N–H and O–H groups in total. The summed E-state index contributed by atoms with van der Waals surface area (Å²) < 4.78 is 0.886. The van der Waals surface area contributed by atoms with Gasteiger partial charge in [-0.3, -0.25) is 0 Å². The summed E-state index contributed by atoms with van der Waals surface area (Å²) in [6.07, 6.45) is 0. The Morgan fingerprint density at radius 1 is 0.941 bits per heavy atom. The van der Waals surface area contributed by atoms with E-state index < -0.39 is 0 Å². The number of fused-ring (bicyclic) bond motifs is 2. The topological polar surface area (TPSA) is 49.6 Å². The summed E-state index contributed by atoms with van der Waals surface area (Å²) in [5, 5.41) is 9.05. The quantitative estimate of drug-likeness (QED) is 0.594. The lowest BCUT2D eigenvalue weighted by Gasteiger charge is -2.03. The molecule has 0 fully saturated rings. The van der Waals surface area contributed by atoms with Crippen molar-refractivity contribution < 1.29 is 0 Å². The summed E-state index contributed by atoms with van der Waals surface area (Å²) in [5.41, 5.74) is 3.54. The highest BCUT2D eigenvalue weighted by atomic mass is 79.9. The first-order valence-electron chi connectivity index (χ1n) is 5.05. The smallest absolute Gasteiger partial charge is 0.107 e. The van der Waals surface area contributed by atoms with Crippen molar-refractivity contribution in [2.24, 2.45) is 0 Å². The molecular formula is C13H6BrN3. The van der Waals surface area contributed by atoms with Gasteiger partial charge >= 0.3 is 0 Å². The SMILES string of the molecule is N#Cc1cccc2nc3cccc(Br)c3nc12. The van der Waals surface area contributed by atoms with Gasteiger partial charge in [-0.15, -0.1) is 0 Å². The third kappa shape index (κ3) is 1.56. The molecule has 0 unspecified atom stereocenters. The fourth-order valence-electron chi connectivity index (χ4n) is 1.78. The number of halogens is 1. The maximum Gasteiger partial charge on any atom is 0.107 e. The lowest BCUT2D eigenvalue weighted by Crippen LogP contribution is -1.90. The average molecular weight is 284 g/mol. The van der Waals surface area contributed by atoms with Crippen LogP contribution in [0.15, 0.2) is 40.9 Å². The molecule has 3 rings (SSSR count). The third-order valence-electron chi connectivity index (χ3n) is 2.57. The molecule has 3 aromatic rings. The second-order valence-corrected chi connectivity index (χ2v) is 4.47. The number of para-hydroxylation sites is 2. The molecule has 0 spiro atoms. The fraction of sp³-hybridized carbons (Fsp3) is 0. The van der Waals surface area contributed by atoms with Crippen molar-refractivity contribution >= 4 is 38.0 Å². The first-order valence-corrected chi connectivity index (χ1v) is 5.84. The van der Waals surface area contributed by atoms with Gasteiger partial charge in [0.15, 0.2) is 0 Å². The Bertz CT molecular complexity index is 775. The van der Waals surface area contributed by atoms with Gasteiger partial charge in [0.05, 0.1) is 16.6 Å². The van der Waals surface area contributed by atoms with Crippen molar-refractivity contribution in [3.05, 3.63) is 46.4 Å². The van der Waals surface area contributed by atoms with Crippen LogP contribution in [0.1, 0.15) is 5.56 Å². The summed E-state index contributed by atoms with van der Waals surface area (Å²) in [6, 6.07) is 13.3. The van der Waals surface area contributed by atoms with E-state index in [2.05, 4.69) is 32.0 Å². The van der Waals surface area contributed by atoms with Crippen LogP contribution in [0.5, 0.6) is 0 Å². The zero-order valence-electron chi connectivity index (χ0n) is 8.68. The van der Waals surface area contributed by atoms with Crippen LogP contribution >= 0.6 is 15.9 Å². The van der Waals surface area contributed by atoms with Crippen molar-refractivity contribution in [3.63, 3.8) is 0 Å². The maximum atomic E-state index is 9.05. The number of nitriles is 1. The van der Waals surface area contributed by atoms with E-state index in [4.69, 9.17) is 5.26 Å². The van der Waals surface area contributed by atoms with Gasteiger partial charge < -0.3 is 0 Å². The average Bonchev–Trinajstić information content (AvgIpc) is 2.36. The van der Waals surface area contributed by atoms with E-state index in [1.807, 2.05) is 30.3 Å². The number of rotatable bonds is 0. The van der Waals surface area contributed by atoms with Gasteiger partial charge in [-0.1, -0.05) is 12.1 Å². The van der Waals surface area contributed by atoms with E-state index in [0.29, 0.717) is 11.1 Å². The van der Waals surface area contributed by atoms with E-state index in [0.717, 1.165) is 21.0 Å². The summed E-state index contributed by atoms with van der Waals surface area (Å²) in [7, 11) is 0. The molecule has 3 nitrogen and oxygen atoms in total. The molecule has 4 heteroatoms. The molecule has 0 saturated carbocycles. The lowest BCUT2D eigenvalue weighted by atomic mass is 10.2. The molecule has 0 amide bonds. The molecule has 80 valence electrons. The number of hydrogen-bond donors (Lipinski definition) is 0. The highest BCUT2D eigenvalue weighted by Crippen LogP contribution is 2.24. The van der Waals surface area contributed by atoms with Gasteiger partial charge in [0.1, 0.15) is 17.1 Å². The third-order valence-corrected chi connectivity index (χ3v) is 3.21. The van der Waals surface area contributed by atoms with E-state index in [1.165, 1.54) is 0 Å². The Balaban J connectivity index is 2.54. The highest BCUT2D eigenvalue weighted by molar-refractivity contribution is 9.10. The molecular weight excluding hydrogens is 278 g/mol. The van der Waals surface area contributed by atoms with E-state index in [1.54, 1.807) is 6.07 Å². The van der Waals surface area contributed by atoms with Gasteiger partial charge in [0.2, 0.25) is 0 Å². The molecule has 0 saturated heterocycles. The second kappa shape index (κ2) is 3.79. The van der Waals surface area contributed by atoms with Crippen molar-refractivity contribution in [2.75, 3.05) is 0 Å². The number of hydrogen-bond acceptors (Lipinski definition) is 3. The van der Waals surface area contributed by atoms with Crippen LogP contribution in [0.3, 0.4) is 0 Å². The monoisotopic (exact) mass is 283 g/mol.